The Hall–Kier alpha value is -1.86. The third kappa shape index (κ3) is 1.60. The van der Waals surface area contributed by atoms with Crippen LogP contribution in [0.15, 0.2) is 48.5 Å². The molecule has 1 nitrogen and oxygen atoms in total. The van der Waals surface area contributed by atoms with E-state index in [0.717, 1.165) is 19.3 Å². The van der Waals surface area contributed by atoms with Crippen molar-refractivity contribution in [2.45, 2.75) is 30.7 Å². The summed E-state index contributed by atoms with van der Waals surface area (Å²) in [5, 5.41) is 0. The van der Waals surface area contributed by atoms with Crippen LogP contribution < -0.4 is 5.73 Å². The minimum Gasteiger partial charge on any atom is -0.328 e. The van der Waals surface area contributed by atoms with Crippen molar-refractivity contribution in [3.63, 3.8) is 0 Å². The van der Waals surface area contributed by atoms with E-state index in [-0.39, 0.29) is 5.41 Å². The minimum absolute atomic E-state index is 0.107. The first-order valence-corrected chi connectivity index (χ1v) is 7.42. The number of fused-ring (bicyclic) bond motifs is 4. The third-order valence-corrected chi connectivity index (χ3v) is 4.95. The molecule has 100 valence electrons. The van der Waals surface area contributed by atoms with Crippen LogP contribution in [0.2, 0.25) is 0 Å². The second kappa shape index (κ2) is 4.32. The SMILES string of the molecule is N[C@@H]1CCC2(C1)c1ccccc1C=Cc1ccccc12. The van der Waals surface area contributed by atoms with Crippen molar-refractivity contribution in [3.8, 4) is 0 Å². The van der Waals surface area contributed by atoms with Gasteiger partial charge < -0.3 is 5.73 Å². The molecule has 1 spiro atoms. The van der Waals surface area contributed by atoms with E-state index >= 15 is 0 Å². The maximum atomic E-state index is 6.29. The van der Waals surface area contributed by atoms with Gasteiger partial charge in [-0.25, -0.2) is 0 Å². The molecule has 0 saturated heterocycles. The fraction of sp³-hybridized carbons (Fsp3) is 0.263. The lowest BCUT2D eigenvalue weighted by atomic mass is 9.71. The highest BCUT2D eigenvalue weighted by molar-refractivity contribution is 5.77. The highest BCUT2D eigenvalue weighted by Gasteiger charge is 2.43. The van der Waals surface area contributed by atoms with Gasteiger partial charge in [0.1, 0.15) is 0 Å². The summed E-state index contributed by atoms with van der Waals surface area (Å²) in [6.45, 7) is 0. The molecule has 2 aromatic rings. The maximum absolute atomic E-state index is 6.29. The highest BCUT2D eigenvalue weighted by Crippen LogP contribution is 2.49. The topological polar surface area (TPSA) is 26.0 Å². The summed E-state index contributed by atoms with van der Waals surface area (Å²) in [6, 6.07) is 17.9. The van der Waals surface area contributed by atoms with Gasteiger partial charge in [0.2, 0.25) is 0 Å². The van der Waals surface area contributed by atoms with Crippen LogP contribution >= 0.6 is 0 Å². The Morgan fingerprint density at radius 2 is 1.40 bits per heavy atom. The summed E-state index contributed by atoms with van der Waals surface area (Å²) in [6.07, 6.45) is 7.84. The Morgan fingerprint density at radius 3 is 1.90 bits per heavy atom. The van der Waals surface area contributed by atoms with Crippen LogP contribution in [-0.4, -0.2) is 6.04 Å². The monoisotopic (exact) mass is 261 g/mol. The van der Waals surface area contributed by atoms with Gasteiger partial charge in [-0.3, -0.25) is 0 Å². The van der Waals surface area contributed by atoms with Crippen molar-refractivity contribution in [2.24, 2.45) is 5.73 Å². The zero-order valence-corrected chi connectivity index (χ0v) is 11.5. The molecule has 0 radical (unpaired) electrons. The largest absolute Gasteiger partial charge is 0.328 e. The summed E-state index contributed by atoms with van der Waals surface area (Å²) in [5.74, 6) is 0. The van der Waals surface area contributed by atoms with Gasteiger partial charge in [-0.2, -0.15) is 0 Å². The van der Waals surface area contributed by atoms with E-state index in [9.17, 15) is 0 Å². The predicted molar refractivity (Wildman–Crippen MR) is 84.4 cm³/mol. The molecule has 0 heterocycles. The van der Waals surface area contributed by atoms with Gasteiger partial charge in [-0.15, -0.1) is 0 Å². The molecular weight excluding hydrogens is 242 g/mol. The second-order valence-corrected chi connectivity index (χ2v) is 6.09. The van der Waals surface area contributed by atoms with Crippen LogP contribution in [0.1, 0.15) is 41.5 Å². The van der Waals surface area contributed by atoms with E-state index in [4.69, 9.17) is 5.73 Å². The molecule has 2 aliphatic carbocycles. The lowest BCUT2D eigenvalue weighted by Gasteiger charge is -2.32. The van der Waals surface area contributed by atoms with E-state index in [1.807, 2.05) is 0 Å². The molecule has 20 heavy (non-hydrogen) atoms. The second-order valence-electron chi connectivity index (χ2n) is 6.09. The van der Waals surface area contributed by atoms with Gasteiger partial charge in [0.05, 0.1) is 0 Å². The Labute approximate surface area is 120 Å². The van der Waals surface area contributed by atoms with E-state index in [1.165, 1.54) is 22.3 Å². The molecule has 1 fully saturated rings. The third-order valence-electron chi connectivity index (χ3n) is 4.95. The zero-order valence-electron chi connectivity index (χ0n) is 11.5. The van der Waals surface area contributed by atoms with Crippen LogP contribution in [0.5, 0.6) is 0 Å². The van der Waals surface area contributed by atoms with E-state index in [1.54, 1.807) is 0 Å². The van der Waals surface area contributed by atoms with Crippen LogP contribution in [0.25, 0.3) is 12.2 Å². The maximum Gasteiger partial charge on any atom is 0.0230 e. The standard InChI is InChI=1S/C19H19N/c20-16-11-12-19(13-16)17-7-3-1-5-14(17)9-10-15-6-2-4-8-18(15)19/h1-10,16H,11-13,20H2/t16-/m1/s1. The van der Waals surface area contributed by atoms with E-state index in [0.29, 0.717) is 6.04 Å². The lowest BCUT2D eigenvalue weighted by Crippen LogP contribution is -2.28. The normalized spacial score (nSPS) is 22.4. The molecule has 0 aliphatic heterocycles. The molecule has 0 bridgehead atoms. The van der Waals surface area contributed by atoms with Crippen molar-refractivity contribution in [1.82, 2.24) is 0 Å². The van der Waals surface area contributed by atoms with Gasteiger partial charge in [0.25, 0.3) is 0 Å². The van der Waals surface area contributed by atoms with Crippen molar-refractivity contribution in [1.29, 1.82) is 0 Å². The number of rotatable bonds is 0. The quantitative estimate of drug-likeness (QED) is 0.763. The summed E-state index contributed by atoms with van der Waals surface area (Å²) >= 11 is 0. The van der Waals surface area contributed by atoms with Gasteiger partial charge in [-0.05, 0) is 41.5 Å². The first kappa shape index (κ1) is 11.9. The molecule has 2 N–H and O–H groups in total. The smallest absolute Gasteiger partial charge is 0.0230 e. The van der Waals surface area contributed by atoms with Crippen LogP contribution in [0.3, 0.4) is 0 Å². The van der Waals surface area contributed by atoms with Crippen molar-refractivity contribution in [3.05, 3.63) is 70.8 Å². The van der Waals surface area contributed by atoms with E-state index < -0.39 is 0 Å². The van der Waals surface area contributed by atoms with Crippen molar-refractivity contribution in [2.75, 3.05) is 0 Å². The number of benzene rings is 2. The summed E-state index contributed by atoms with van der Waals surface area (Å²) in [5.41, 5.74) is 12.0. The molecule has 0 amide bonds. The van der Waals surface area contributed by atoms with Crippen LogP contribution in [0.4, 0.5) is 0 Å². The molecule has 2 aromatic carbocycles. The first-order chi connectivity index (χ1) is 9.79. The molecular formula is C19H19N. The molecule has 0 aromatic heterocycles. The summed E-state index contributed by atoms with van der Waals surface area (Å²) in [4.78, 5) is 0. The zero-order chi connectivity index (χ0) is 13.6. The summed E-state index contributed by atoms with van der Waals surface area (Å²) < 4.78 is 0. The Kier molecular flexibility index (Phi) is 2.58. The van der Waals surface area contributed by atoms with Gasteiger partial charge in [0.15, 0.2) is 0 Å². The molecule has 2 aliphatic rings. The number of nitrogens with two attached hydrogens (primary N) is 1. The van der Waals surface area contributed by atoms with E-state index in [2.05, 4.69) is 60.7 Å². The van der Waals surface area contributed by atoms with Gasteiger partial charge in [0, 0.05) is 11.5 Å². The molecule has 1 atom stereocenters. The molecule has 1 saturated carbocycles. The Balaban J connectivity index is 2.04. The number of hydrogen-bond donors (Lipinski definition) is 1. The fourth-order valence-corrected chi connectivity index (χ4v) is 4.05. The molecule has 4 rings (SSSR count). The first-order valence-electron chi connectivity index (χ1n) is 7.42. The van der Waals surface area contributed by atoms with Crippen molar-refractivity contribution < 1.29 is 0 Å². The average Bonchev–Trinajstić information content (AvgIpc) is 2.82. The highest BCUT2D eigenvalue weighted by atomic mass is 14.7. The fourth-order valence-electron chi connectivity index (χ4n) is 4.05. The molecule has 0 unspecified atom stereocenters. The van der Waals surface area contributed by atoms with Crippen LogP contribution in [0, 0.1) is 0 Å². The lowest BCUT2D eigenvalue weighted by molar-refractivity contribution is 0.523. The van der Waals surface area contributed by atoms with Crippen molar-refractivity contribution >= 4 is 12.2 Å². The van der Waals surface area contributed by atoms with Crippen LogP contribution in [-0.2, 0) is 5.41 Å². The Morgan fingerprint density at radius 1 is 0.850 bits per heavy atom. The average molecular weight is 261 g/mol. The minimum atomic E-state index is 0.107. The summed E-state index contributed by atoms with van der Waals surface area (Å²) in [7, 11) is 0. The number of hydrogen-bond acceptors (Lipinski definition) is 1. The Bertz CT molecular complexity index is 634. The van der Waals surface area contributed by atoms with Gasteiger partial charge in [-0.1, -0.05) is 60.7 Å². The molecule has 1 heteroatoms. The predicted octanol–water partition coefficient (Wildman–Crippen LogP) is 3.97. The van der Waals surface area contributed by atoms with Gasteiger partial charge >= 0.3 is 0 Å².